The van der Waals surface area contributed by atoms with Gasteiger partial charge in [0.2, 0.25) is 0 Å². The number of carbonyl (C=O) groups is 1. The lowest BCUT2D eigenvalue weighted by atomic mass is 10.2. The van der Waals surface area contributed by atoms with Crippen LogP contribution in [0.4, 0.5) is 10.1 Å². The average Bonchev–Trinajstić information content (AvgIpc) is 2.47. The highest BCUT2D eigenvalue weighted by atomic mass is 32.2. The van der Waals surface area contributed by atoms with Crippen molar-refractivity contribution < 1.29 is 17.6 Å². The Morgan fingerprint density at radius 1 is 1.14 bits per heavy atom. The van der Waals surface area contributed by atoms with Crippen LogP contribution in [0.2, 0.25) is 0 Å². The van der Waals surface area contributed by atoms with Gasteiger partial charge in [-0.2, -0.15) is 0 Å². The number of hydrogen-bond donors (Lipinski definition) is 0. The van der Waals surface area contributed by atoms with Crippen molar-refractivity contribution in [3.63, 3.8) is 0 Å². The summed E-state index contributed by atoms with van der Waals surface area (Å²) in [5, 5.41) is 0. The fraction of sp³-hybridized carbons (Fsp3) is 0.188. The van der Waals surface area contributed by atoms with E-state index in [-0.39, 0.29) is 10.8 Å². The summed E-state index contributed by atoms with van der Waals surface area (Å²) in [4.78, 5) is 14.1. The summed E-state index contributed by atoms with van der Waals surface area (Å²) < 4.78 is 36.2. The molecule has 0 radical (unpaired) electrons. The molecular weight excluding hydrogens is 305 g/mol. The summed E-state index contributed by atoms with van der Waals surface area (Å²) in [6, 6.07) is 11.5. The molecule has 2 aromatic carbocycles. The Morgan fingerprint density at radius 3 is 2.27 bits per heavy atom. The minimum atomic E-state index is -3.30. The largest absolute Gasteiger partial charge is 0.309 e. The van der Waals surface area contributed by atoms with E-state index < -0.39 is 15.7 Å². The molecule has 0 aliphatic carbocycles. The number of carbonyl (C=O) groups excluding carboxylic acids is 1. The molecule has 0 bridgehead atoms. The van der Waals surface area contributed by atoms with Crippen LogP contribution < -0.4 is 4.90 Å². The number of benzene rings is 2. The Bertz CT molecular complexity index is 785. The van der Waals surface area contributed by atoms with Crippen molar-refractivity contribution in [2.75, 3.05) is 17.7 Å². The lowest BCUT2D eigenvalue weighted by Crippen LogP contribution is -2.30. The first-order valence-corrected chi connectivity index (χ1v) is 8.59. The number of sulfone groups is 1. The predicted octanol–water partition coefficient (Wildman–Crippen LogP) is 2.90. The Morgan fingerprint density at radius 2 is 1.77 bits per heavy atom. The van der Waals surface area contributed by atoms with Gasteiger partial charge >= 0.3 is 0 Å². The van der Waals surface area contributed by atoms with Crippen molar-refractivity contribution in [2.24, 2.45) is 0 Å². The zero-order valence-corrected chi connectivity index (χ0v) is 13.1. The summed E-state index contributed by atoms with van der Waals surface area (Å²) >= 11 is 0. The van der Waals surface area contributed by atoms with Gasteiger partial charge in [0.1, 0.15) is 5.82 Å². The van der Waals surface area contributed by atoms with Crippen LogP contribution in [0.25, 0.3) is 0 Å². The molecule has 0 aliphatic heterocycles. The molecule has 0 saturated carbocycles. The van der Waals surface area contributed by atoms with E-state index in [0.29, 0.717) is 17.8 Å². The molecule has 0 aliphatic rings. The molecule has 0 fully saturated rings. The molecule has 0 unspecified atom stereocenters. The lowest BCUT2D eigenvalue weighted by molar-refractivity contribution is 0.0988. The first kappa shape index (κ1) is 16.2. The number of amides is 1. The van der Waals surface area contributed by atoms with Crippen LogP contribution in [0.3, 0.4) is 0 Å². The van der Waals surface area contributed by atoms with Crippen molar-refractivity contribution in [3.05, 3.63) is 59.9 Å². The van der Waals surface area contributed by atoms with Gasteiger partial charge in [0, 0.05) is 24.1 Å². The zero-order valence-electron chi connectivity index (χ0n) is 12.3. The quantitative estimate of drug-likeness (QED) is 0.870. The summed E-state index contributed by atoms with van der Waals surface area (Å²) in [5.41, 5.74) is 0.804. The number of nitrogens with zero attached hydrogens (tertiary/aromatic N) is 1. The van der Waals surface area contributed by atoms with E-state index in [1.54, 1.807) is 13.0 Å². The summed E-state index contributed by atoms with van der Waals surface area (Å²) in [5.74, 6) is -0.732. The van der Waals surface area contributed by atoms with Crippen LogP contribution in [0.5, 0.6) is 0 Å². The normalized spacial score (nSPS) is 11.2. The van der Waals surface area contributed by atoms with E-state index in [1.165, 1.54) is 47.4 Å². The summed E-state index contributed by atoms with van der Waals surface area (Å²) in [6.07, 6.45) is 1.11. The minimum Gasteiger partial charge on any atom is -0.309 e. The monoisotopic (exact) mass is 321 g/mol. The van der Waals surface area contributed by atoms with E-state index in [1.807, 2.05) is 0 Å². The van der Waals surface area contributed by atoms with Gasteiger partial charge in [0.15, 0.2) is 9.84 Å². The molecule has 0 heterocycles. The maximum absolute atomic E-state index is 13.3. The van der Waals surface area contributed by atoms with Gasteiger partial charge in [0.25, 0.3) is 5.91 Å². The standard InChI is InChI=1S/C16H16FNO3S/c1-3-18(14-6-4-5-13(17)11-14)16(19)12-7-9-15(10-8-12)22(2,20)21/h4-11H,3H2,1-2H3. The van der Waals surface area contributed by atoms with Crippen molar-refractivity contribution >= 4 is 21.4 Å². The Kier molecular flexibility index (Phi) is 4.61. The molecule has 0 spiro atoms. The van der Waals surface area contributed by atoms with Crippen LogP contribution >= 0.6 is 0 Å². The molecule has 1 amide bonds. The third-order valence-corrected chi connectivity index (χ3v) is 4.34. The smallest absolute Gasteiger partial charge is 0.258 e. The molecular formula is C16H16FNO3S. The predicted molar refractivity (Wildman–Crippen MR) is 83.3 cm³/mol. The minimum absolute atomic E-state index is 0.151. The molecule has 2 aromatic rings. The third kappa shape index (κ3) is 3.51. The van der Waals surface area contributed by atoms with Crippen molar-refractivity contribution in [1.29, 1.82) is 0 Å². The number of hydrogen-bond acceptors (Lipinski definition) is 3. The second-order valence-electron chi connectivity index (χ2n) is 4.83. The van der Waals surface area contributed by atoms with Gasteiger partial charge < -0.3 is 4.90 Å². The Hall–Kier alpha value is -2.21. The van der Waals surface area contributed by atoms with Gasteiger partial charge in [-0.15, -0.1) is 0 Å². The van der Waals surface area contributed by atoms with E-state index in [2.05, 4.69) is 0 Å². The maximum Gasteiger partial charge on any atom is 0.258 e. The summed E-state index contributed by atoms with van der Waals surface area (Å²) in [7, 11) is -3.30. The molecule has 116 valence electrons. The van der Waals surface area contributed by atoms with E-state index in [4.69, 9.17) is 0 Å². The fourth-order valence-electron chi connectivity index (χ4n) is 2.09. The van der Waals surface area contributed by atoms with Crippen LogP contribution in [-0.2, 0) is 9.84 Å². The molecule has 0 atom stereocenters. The van der Waals surface area contributed by atoms with Gasteiger partial charge in [-0.1, -0.05) is 6.07 Å². The first-order chi connectivity index (χ1) is 10.3. The van der Waals surface area contributed by atoms with Crippen LogP contribution in [-0.4, -0.2) is 27.1 Å². The van der Waals surface area contributed by atoms with Gasteiger partial charge in [-0.3, -0.25) is 4.79 Å². The molecule has 22 heavy (non-hydrogen) atoms. The summed E-state index contributed by atoms with van der Waals surface area (Å²) in [6.45, 7) is 2.16. The lowest BCUT2D eigenvalue weighted by Gasteiger charge is -2.21. The Labute approximate surface area is 129 Å². The number of anilines is 1. The Balaban J connectivity index is 2.33. The maximum atomic E-state index is 13.3. The van der Waals surface area contributed by atoms with Crippen LogP contribution in [0.15, 0.2) is 53.4 Å². The van der Waals surface area contributed by atoms with Gasteiger partial charge in [-0.25, -0.2) is 12.8 Å². The van der Waals surface area contributed by atoms with Gasteiger partial charge in [0.05, 0.1) is 4.90 Å². The van der Waals surface area contributed by atoms with Gasteiger partial charge in [-0.05, 0) is 49.4 Å². The number of rotatable bonds is 4. The van der Waals surface area contributed by atoms with E-state index in [0.717, 1.165) is 6.26 Å². The molecule has 0 aromatic heterocycles. The highest BCUT2D eigenvalue weighted by Gasteiger charge is 2.17. The fourth-order valence-corrected chi connectivity index (χ4v) is 2.72. The SMILES string of the molecule is CCN(C(=O)c1ccc(S(C)(=O)=O)cc1)c1cccc(F)c1. The van der Waals surface area contributed by atoms with Crippen molar-refractivity contribution in [2.45, 2.75) is 11.8 Å². The molecule has 0 N–H and O–H groups in total. The molecule has 2 rings (SSSR count). The second kappa shape index (κ2) is 6.27. The highest BCUT2D eigenvalue weighted by Crippen LogP contribution is 2.19. The van der Waals surface area contributed by atoms with Crippen molar-refractivity contribution in [3.8, 4) is 0 Å². The van der Waals surface area contributed by atoms with Crippen molar-refractivity contribution in [1.82, 2.24) is 0 Å². The van der Waals surface area contributed by atoms with E-state index in [9.17, 15) is 17.6 Å². The van der Waals surface area contributed by atoms with Crippen LogP contribution in [0, 0.1) is 5.82 Å². The van der Waals surface area contributed by atoms with E-state index >= 15 is 0 Å². The molecule has 0 saturated heterocycles. The highest BCUT2D eigenvalue weighted by molar-refractivity contribution is 7.90. The number of halogens is 1. The second-order valence-corrected chi connectivity index (χ2v) is 6.84. The zero-order chi connectivity index (χ0) is 16.3. The molecule has 6 heteroatoms. The molecule has 4 nitrogen and oxygen atoms in total. The topological polar surface area (TPSA) is 54.5 Å². The third-order valence-electron chi connectivity index (χ3n) is 3.21. The van der Waals surface area contributed by atoms with Crippen LogP contribution in [0.1, 0.15) is 17.3 Å². The first-order valence-electron chi connectivity index (χ1n) is 6.70. The average molecular weight is 321 g/mol.